The van der Waals surface area contributed by atoms with Gasteiger partial charge in [0.1, 0.15) is 5.75 Å². The van der Waals surface area contributed by atoms with Crippen LogP contribution in [0, 0.1) is 5.92 Å². The third-order valence-corrected chi connectivity index (χ3v) is 10.6. The number of benzene rings is 2. The van der Waals surface area contributed by atoms with Gasteiger partial charge in [0.15, 0.2) is 0 Å². The highest BCUT2D eigenvalue weighted by molar-refractivity contribution is 7.89. The fraction of sp³-hybridized carbons (Fsp3) is 0.458. The van der Waals surface area contributed by atoms with Crippen LogP contribution in [0.1, 0.15) is 31.2 Å². The molecule has 0 aromatic heterocycles. The van der Waals surface area contributed by atoms with Crippen molar-refractivity contribution in [2.75, 3.05) is 38.6 Å². The lowest BCUT2D eigenvalue weighted by Crippen LogP contribution is -2.41. The summed E-state index contributed by atoms with van der Waals surface area (Å²) < 4.78 is 59.8. The summed E-state index contributed by atoms with van der Waals surface area (Å²) in [6.45, 7) is 1.41. The van der Waals surface area contributed by atoms with Gasteiger partial charge >= 0.3 is 0 Å². The average Bonchev–Trinajstić information content (AvgIpc) is 3.40. The van der Waals surface area contributed by atoms with Crippen molar-refractivity contribution in [2.24, 2.45) is 5.92 Å². The molecular formula is C24H30ClN3O6S2. The Hall–Kier alpha value is -2.18. The molecule has 2 aliphatic rings. The highest BCUT2D eigenvalue weighted by atomic mass is 35.5. The molecule has 2 aromatic rings. The van der Waals surface area contributed by atoms with E-state index in [9.17, 15) is 21.6 Å². The van der Waals surface area contributed by atoms with Crippen molar-refractivity contribution in [1.29, 1.82) is 0 Å². The number of amides is 1. The van der Waals surface area contributed by atoms with Crippen LogP contribution in [-0.2, 0) is 30.6 Å². The van der Waals surface area contributed by atoms with E-state index in [0.29, 0.717) is 42.3 Å². The number of hydrogen-bond acceptors (Lipinski definition) is 6. The van der Waals surface area contributed by atoms with E-state index in [0.717, 1.165) is 12.8 Å². The van der Waals surface area contributed by atoms with Crippen molar-refractivity contribution in [3.8, 4) is 5.75 Å². The molecule has 0 unspecified atom stereocenters. The van der Waals surface area contributed by atoms with E-state index >= 15 is 0 Å². The lowest BCUT2D eigenvalue weighted by molar-refractivity contribution is -0.120. The monoisotopic (exact) mass is 555 g/mol. The van der Waals surface area contributed by atoms with Crippen molar-refractivity contribution in [1.82, 2.24) is 8.61 Å². The summed E-state index contributed by atoms with van der Waals surface area (Å²) in [5.41, 5.74) is 0.886. The minimum atomic E-state index is -3.65. The van der Waals surface area contributed by atoms with Gasteiger partial charge in [-0.2, -0.15) is 4.31 Å². The molecular weight excluding hydrogens is 526 g/mol. The number of carbonyl (C=O) groups is 1. The van der Waals surface area contributed by atoms with E-state index in [1.54, 1.807) is 24.3 Å². The summed E-state index contributed by atoms with van der Waals surface area (Å²) >= 11 is 5.97. The molecule has 196 valence electrons. The van der Waals surface area contributed by atoms with Crippen molar-refractivity contribution < 1.29 is 26.4 Å². The Morgan fingerprint density at radius 3 is 2.33 bits per heavy atom. The van der Waals surface area contributed by atoms with Gasteiger partial charge < -0.3 is 10.1 Å². The third-order valence-electron chi connectivity index (χ3n) is 6.59. The Morgan fingerprint density at radius 2 is 1.69 bits per heavy atom. The number of nitrogens with zero attached hydrogens (tertiary/aromatic N) is 2. The molecule has 1 N–H and O–H groups in total. The highest BCUT2D eigenvalue weighted by Crippen LogP contribution is 2.31. The summed E-state index contributed by atoms with van der Waals surface area (Å²) in [6.07, 6.45) is 2.36. The first-order chi connectivity index (χ1) is 17.1. The maximum Gasteiger partial charge on any atom is 0.243 e. The Morgan fingerprint density at radius 1 is 1.00 bits per heavy atom. The number of halogens is 1. The molecule has 2 fully saturated rings. The number of carbonyl (C=O) groups excluding carboxylic acids is 1. The van der Waals surface area contributed by atoms with E-state index in [4.69, 9.17) is 16.3 Å². The summed E-state index contributed by atoms with van der Waals surface area (Å²) in [5, 5.41) is 3.28. The number of hydrogen-bond donors (Lipinski definition) is 1. The first-order valence-corrected chi connectivity index (χ1v) is 15.2. The molecule has 0 saturated carbocycles. The second kappa shape index (κ2) is 11.1. The van der Waals surface area contributed by atoms with Crippen LogP contribution in [-0.4, -0.2) is 64.6 Å². The van der Waals surface area contributed by atoms with E-state index in [2.05, 4.69) is 5.32 Å². The van der Waals surface area contributed by atoms with Crippen LogP contribution in [0.2, 0.25) is 5.02 Å². The van der Waals surface area contributed by atoms with E-state index in [1.807, 2.05) is 0 Å². The van der Waals surface area contributed by atoms with Gasteiger partial charge in [0, 0.05) is 37.1 Å². The lowest BCUT2D eigenvalue weighted by Gasteiger charge is -2.30. The number of sulfonamides is 2. The van der Waals surface area contributed by atoms with Gasteiger partial charge in [0.05, 0.1) is 23.4 Å². The summed E-state index contributed by atoms with van der Waals surface area (Å²) in [6, 6.07) is 11.2. The van der Waals surface area contributed by atoms with Crippen molar-refractivity contribution in [2.45, 2.75) is 36.3 Å². The largest absolute Gasteiger partial charge is 0.495 e. The molecule has 0 radical (unpaired) electrons. The number of ether oxygens (including phenoxy) is 1. The average molecular weight is 556 g/mol. The van der Waals surface area contributed by atoms with Crippen molar-refractivity contribution >= 4 is 43.2 Å². The molecule has 0 bridgehead atoms. The Kier molecular flexibility index (Phi) is 8.25. The molecule has 0 aliphatic carbocycles. The zero-order valence-corrected chi connectivity index (χ0v) is 22.4. The quantitative estimate of drug-likeness (QED) is 0.534. The van der Waals surface area contributed by atoms with E-state index in [-0.39, 0.29) is 35.3 Å². The molecule has 2 heterocycles. The van der Waals surface area contributed by atoms with Gasteiger partial charge in [-0.25, -0.2) is 21.1 Å². The summed E-state index contributed by atoms with van der Waals surface area (Å²) in [5.74, 6) is -0.507. The number of anilines is 1. The molecule has 12 heteroatoms. The zero-order valence-electron chi connectivity index (χ0n) is 20.0. The van der Waals surface area contributed by atoms with Crippen LogP contribution in [0.4, 0.5) is 5.69 Å². The molecule has 2 saturated heterocycles. The number of rotatable bonds is 8. The van der Waals surface area contributed by atoms with Gasteiger partial charge in [-0.1, -0.05) is 23.7 Å². The molecule has 1 amide bonds. The zero-order chi connectivity index (χ0) is 25.9. The Bertz CT molecular complexity index is 1320. The van der Waals surface area contributed by atoms with Crippen LogP contribution in [0.5, 0.6) is 5.75 Å². The molecule has 2 aromatic carbocycles. The predicted octanol–water partition coefficient (Wildman–Crippen LogP) is 3.31. The summed E-state index contributed by atoms with van der Waals surface area (Å²) in [7, 11) is -5.76. The lowest BCUT2D eigenvalue weighted by atomic mass is 9.97. The van der Waals surface area contributed by atoms with Crippen LogP contribution in [0.3, 0.4) is 0 Å². The van der Waals surface area contributed by atoms with Crippen molar-refractivity contribution in [3.63, 3.8) is 0 Å². The molecule has 0 spiro atoms. The van der Waals surface area contributed by atoms with Gasteiger partial charge in [0.2, 0.25) is 26.0 Å². The fourth-order valence-electron chi connectivity index (χ4n) is 4.58. The van der Waals surface area contributed by atoms with Crippen molar-refractivity contribution in [3.05, 3.63) is 53.1 Å². The van der Waals surface area contributed by atoms with Gasteiger partial charge in [-0.15, -0.1) is 0 Å². The molecule has 0 atom stereocenters. The fourth-order valence-corrected chi connectivity index (χ4v) is 7.89. The smallest absolute Gasteiger partial charge is 0.243 e. The second-order valence-corrected chi connectivity index (χ2v) is 13.4. The van der Waals surface area contributed by atoms with E-state index in [1.165, 1.54) is 33.9 Å². The normalized spacial score (nSPS) is 18.3. The second-order valence-electron chi connectivity index (χ2n) is 9.02. The van der Waals surface area contributed by atoms with Gasteiger partial charge in [-0.05, 0) is 61.6 Å². The van der Waals surface area contributed by atoms with Gasteiger partial charge in [0.25, 0.3) is 0 Å². The summed E-state index contributed by atoms with van der Waals surface area (Å²) in [4.78, 5) is 13.1. The maximum absolute atomic E-state index is 13.0. The topological polar surface area (TPSA) is 113 Å². The van der Waals surface area contributed by atoms with Crippen LogP contribution >= 0.6 is 11.6 Å². The minimum Gasteiger partial charge on any atom is -0.495 e. The van der Waals surface area contributed by atoms with Gasteiger partial charge in [-0.3, -0.25) is 4.79 Å². The van der Waals surface area contributed by atoms with Crippen LogP contribution in [0.15, 0.2) is 47.4 Å². The molecule has 36 heavy (non-hydrogen) atoms. The highest BCUT2D eigenvalue weighted by Gasteiger charge is 2.32. The first kappa shape index (κ1) is 26.9. The Balaban J connectivity index is 1.41. The maximum atomic E-state index is 13.0. The predicted molar refractivity (Wildman–Crippen MR) is 138 cm³/mol. The number of nitrogens with one attached hydrogen (secondary N) is 1. The SMILES string of the molecule is COc1ccc(S(=O)(=O)N2CCCC2)cc1NC(=O)C1CCN(S(=O)(=O)Cc2cccc(Cl)c2)CC1. The molecule has 2 aliphatic heterocycles. The first-order valence-electron chi connectivity index (χ1n) is 11.8. The van der Waals surface area contributed by atoms with Crippen LogP contribution in [0.25, 0.3) is 0 Å². The molecule has 4 rings (SSSR count). The minimum absolute atomic E-state index is 0.0995. The number of methoxy groups -OCH3 is 1. The Labute approximate surface area is 217 Å². The number of piperidine rings is 1. The van der Waals surface area contributed by atoms with E-state index < -0.39 is 26.0 Å². The standard InChI is InChI=1S/C24H30ClN3O6S2/c1-34-23-8-7-21(36(32,33)28-11-2-3-12-28)16-22(23)26-24(29)19-9-13-27(14-10-19)35(30,31)17-18-5-4-6-20(25)15-18/h4-8,15-16,19H,2-3,9-14,17H2,1H3,(H,26,29). The van der Waals surface area contributed by atoms with Crippen LogP contribution < -0.4 is 10.1 Å². The third kappa shape index (κ3) is 6.03. The molecule has 9 nitrogen and oxygen atoms in total.